The maximum Gasteiger partial charge on any atom is 0.224 e. The average molecular weight is 249 g/mol. The molecule has 0 saturated heterocycles. The quantitative estimate of drug-likeness (QED) is 0.867. The maximum atomic E-state index is 11.5. The summed E-state index contributed by atoms with van der Waals surface area (Å²) in [4.78, 5) is 13.2. The molecule has 0 bridgehead atoms. The van der Waals surface area contributed by atoms with Gasteiger partial charge in [0.25, 0.3) is 0 Å². The molecule has 0 saturated carbocycles. The molecule has 3 heteroatoms. The first kappa shape index (κ1) is 14.7. The number of hydrogen-bond acceptors (Lipinski definition) is 2. The summed E-state index contributed by atoms with van der Waals surface area (Å²) in [5, 5.41) is 8.73. The lowest BCUT2D eigenvalue weighted by Gasteiger charge is -2.18. The van der Waals surface area contributed by atoms with E-state index in [1.165, 1.54) is 22.3 Å². The molecule has 3 nitrogen and oxygen atoms in total. The number of aryl methyl sites for hydroxylation is 1. The summed E-state index contributed by atoms with van der Waals surface area (Å²) in [6.07, 6.45) is 1.07. The van der Waals surface area contributed by atoms with E-state index in [0.717, 1.165) is 6.42 Å². The zero-order chi connectivity index (χ0) is 13.7. The highest BCUT2D eigenvalue weighted by atomic mass is 16.3. The van der Waals surface area contributed by atoms with Gasteiger partial charge in [-0.25, -0.2) is 0 Å². The summed E-state index contributed by atoms with van der Waals surface area (Å²) in [5.41, 5.74) is 5.25. The van der Waals surface area contributed by atoms with Crippen molar-refractivity contribution in [1.29, 1.82) is 0 Å². The average Bonchev–Trinajstić information content (AvgIpc) is 2.35. The van der Waals surface area contributed by atoms with Gasteiger partial charge in [-0.3, -0.25) is 4.79 Å². The largest absolute Gasteiger partial charge is 0.396 e. The van der Waals surface area contributed by atoms with Gasteiger partial charge in [0.15, 0.2) is 0 Å². The molecule has 0 unspecified atom stereocenters. The van der Waals surface area contributed by atoms with Crippen molar-refractivity contribution in [2.45, 2.75) is 33.6 Å². The Hall–Kier alpha value is -1.35. The number of hydrogen-bond donors (Lipinski definition) is 1. The summed E-state index contributed by atoms with van der Waals surface area (Å²) >= 11 is 0. The molecular formula is C15H23NO2. The third-order valence-electron chi connectivity index (χ3n) is 3.64. The third-order valence-corrected chi connectivity index (χ3v) is 3.64. The highest BCUT2D eigenvalue weighted by molar-refractivity contribution is 5.75. The number of rotatable bonds is 5. The van der Waals surface area contributed by atoms with Crippen LogP contribution in [0.15, 0.2) is 12.1 Å². The molecule has 0 radical (unpaired) electrons. The van der Waals surface area contributed by atoms with Crippen LogP contribution in [0.3, 0.4) is 0 Å². The van der Waals surface area contributed by atoms with Crippen molar-refractivity contribution in [2.75, 3.05) is 20.2 Å². The molecule has 0 atom stereocenters. The Kier molecular flexibility index (Phi) is 5.35. The molecule has 0 fully saturated rings. The van der Waals surface area contributed by atoms with Crippen LogP contribution >= 0.6 is 0 Å². The van der Waals surface area contributed by atoms with E-state index in [1.54, 1.807) is 11.9 Å². The summed E-state index contributed by atoms with van der Waals surface area (Å²) < 4.78 is 0. The van der Waals surface area contributed by atoms with Gasteiger partial charge in [-0.15, -0.1) is 0 Å². The van der Waals surface area contributed by atoms with Crippen LogP contribution in [0.1, 0.15) is 28.7 Å². The Balaban J connectivity index is 2.64. The van der Waals surface area contributed by atoms with Gasteiger partial charge in [0.2, 0.25) is 5.91 Å². The number of carbonyl (C=O) groups is 1. The van der Waals surface area contributed by atoms with Gasteiger partial charge in [-0.2, -0.15) is 0 Å². The summed E-state index contributed by atoms with van der Waals surface area (Å²) in [6.45, 7) is 7.00. The van der Waals surface area contributed by atoms with Crippen LogP contribution < -0.4 is 0 Å². The van der Waals surface area contributed by atoms with E-state index in [2.05, 4.69) is 32.9 Å². The minimum absolute atomic E-state index is 0.000938. The second-order valence-corrected chi connectivity index (χ2v) is 4.83. The van der Waals surface area contributed by atoms with Crippen molar-refractivity contribution in [3.63, 3.8) is 0 Å². The van der Waals surface area contributed by atoms with Crippen LogP contribution in [-0.4, -0.2) is 36.1 Å². The predicted molar refractivity (Wildman–Crippen MR) is 73.7 cm³/mol. The Morgan fingerprint density at radius 1 is 1.22 bits per heavy atom. The van der Waals surface area contributed by atoms with E-state index in [9.17, 15) is 4.79 Å². The monoisotopic (exact) mass is 249 g/mol. The normalized spacial score (nSPS) is 10.5. The van der Waals surface area contributed by atoms with Crippen LogP contribution in [0.2, 0.25) is 0 Å². The van der Waals surface area contributed by atoms with Gasteiger partial charge in [0, 0.05) is 20.0 Å². The fraction of sp³-hybridized carbons (Fsp3) is 0.533. The first-order valence-corrected chi connectivity index (χ1v) is 6.38. The second kappa shape index (κ2) is 6.55. The number of nitrogens with zero attached hydrogens (tertiary/aromatic N) is 1. The highest BCUT2D eigenvalue weighted by Gasteiger charge is 2.09. The number of aliphatic hydroxyl groups is 1. The third kappa shape index (κ3) is 3.57. The number of benzene rings is 1. The van der Waals surface area contributed by atoms with Crippen molar-refractivity contribution in [3.05, 3.63) is 34.4 Å². The maximum absolute atomic E-state index is 11.5. The fourth-order valence-electron chi connectivity index (χ4n) is 1.98. The van der Waals surface area contributed by atoms with Crippen molar-refractivity contribution in [2.24, 2.45) is 0 Å². The van der Waals surface area contributed by atoms with E-state index in [-0.39, 0.29) is 18.9 Å². The first-order chi connectivity index (χ1) is 8.47. The van der Waals surface area contributed by atoms with Crippen molar-refractivity contribution in [1.82, 2.24) is 4.90 Å². The number of likely N-dealkylation sites (N-methyl/N-ethyl adjacent to an activating group) is 1. The standard InChI is InChI=1S/C15H23NO2/c1-11-5-6-14(13(3)12(11)2)7-9-16(4)15(18)8-10-17/h5-6,17H,7-10H2,1-4H3. The van der Waals surface area contributed by atoms with Gasteiger partial charge in [-0.1, -0.05) is 12.1 Å². The van der Waals surface area contributed by atoms with Crippen molar-refractivity contribution >= 4 is 5.91 Å². The molecule has 18 heavy (non-hydrogen) atoms. The molecule has 0 aromatic heterocycles. The zero-order valence-electron chi connectivity index (χ0n) is 11.8. The molecular weight excluding hydrogens is 226 g/mol. The van der Waals surface area contributed by atoms with Gasteiger partial charge in [-0.05, 0) is 49.4 Å². The summed E-state index contributed by atoms with van der Waals surface area (Å²) in [7, 11) is 1.79. The number of aliphatic hydroxyl groups excluding tert-OH is 1. The smallest absolute Gasteiger partial charge is 0.224 e. The molecule has 1 amide bonds. The van der Waals surface area contributed by atoms with Gasteiger partial charge in [0.05, 0.1) is 6.61 Å². The van der Waals surface area contributed by atoms with Crippen LogP contribution in [-0.2, 0) is 11.2 Å². The topological polar surface area (TPSA) is 40.5 Å². The molecule has 0 aliphatic carbocycles. The fourth-order valence-corrected chi connectivity index (χ4v) is 1.98. The molecule has 1 aromatic carbocycles. The van der Waals surface area contributed by atoms with Crippen LogP contribution in [0.25, 0.3) is 0 Å². The van der Waals surface area contributed by atoms with E-state index < -0.39 is 0 Å². The van der Waals surface area contributed by atoms with Crippen LogP contribution in [0, 0.1) is 20.8 Å². The van der Waals surface area contributed by atoms with Crippen molar-refractivity contribution < 1.29 is 9.90 Å². The molecule has 1 aromatic rings. The Labute approximate surface area is 109 Å². The van der Waals surface area contributed by atoms with Gasteiger partial charge < -0.3 is 10.0 Å². The predicted octanol–water partition coefficient (Wildman–Crippen LogP) is 2.00. The first-order valence-electron chi connectivity index (χ1n) is 6.38. The molecule has 1 rings (SSSR count). The lowest BCUT2D eigenvalue weighted by atomic mass is 9.97. The Morgan fingerprint density at radius 2 is 1.89 bits per heavy atom. The zero-order valence-corrected chi connectivity index (χ0v) is 11.8. The van der Waals surface area contributed by atoms with E-state index in [1.807, 2.05) is 0 Å². The molecule has 0 heterocycles. The van der Waals surface area contributed by atoms with Gasteiger partial charge >= 0.3 is 0 Å². The molecule has 0 aliphatic rings. The highest BCUT2D eigenvalue weighted by Crippen LogP contribution is 2.17. The minimum atomic E-state index is -0.0775. The summed E-state index contributed by atoms with van der Waals surface area (Å²) in [6, 6.07) is 4.27. The number of amides is 1. The molecule has 100 valence electrons. The van der Waals surface area contributed by atoms with E-state index in [4.69, 9.17) is 5.11 Å². The number of carbonyl (C=O) groups excluding carboxylic acids is 1. The van der Waals surface area contributed by atoms with Gasteiger partial charge in [0.1, 0.15) is 0 Å². The van der Waals surface area contributed by atoms with Crippen LogP contribution in [0.5, 0.6) is 0 Å². The Morgan fingerprint density at radius 3 is 2.50 bits per heavy atom. The second-order valence-electron chi connectivity index (χ2n) is 4.83. The molecule has 0 spiro atoms. The van der Waals surface area contributed by atoms with Crippen molar-refractivity contribution in [3.8, 4) is 0 Å². The lowest BCUT2D eigenvalue weighted by molar-refractivity contribution is -0.130. The van der Waals surface area contributed by atoms with Crippen LogP contribution in [0.4, 0.5) is 0 Å². The molecule has 0 aliphatic heterocycles. The Bertz CT molecular complexity index is 427. The lowest BCUT2D eigenvalue weighted by Crippen LogP contribution is -2.29. The summed E-state index contributed by atoms with van der Waals surface area (Å²) in [5.74, 6) is -0.000938. The SMILES string of the molecule is Cc1ccc(CCN(C)C(=O)CCO)c(C)c1C. The van der Waals surface area contributed by atoms with E-state index in [0.29, 0.717) is 6.54 Å². The van der Waals surface area contributed by atoms with E-state index >= 15 is 0 Å². The molecule has 1 N–H and O–H groups in total. The minimum Gasteiger partial charge on any atom is -0.396 e.